The monoisotopic (exact) mass is 388 g/mol. The van der Waals surface area contributed by atoms with E-state index in [-0.39, 0.29) is 12.2 Å². The molecule has 0 saturated carbocycles. The van der Waals surface area contributed by atoms with Crippen LogP contribution in [-0.2, 0) is 15.2 Å². The maximum absolute atomic E-state index is 13.6. The number of amides is 2. The Balaban J connectivity index is 1.69. The fourth-order valence-electron chi connectivity index (χ4n) is 2.49. The Kier molecular flexibility index (Phi) is 5.38. The first-order chi connectivity index (χ1) is 12.9. The van der Waals surface area contributed by atoms with Crippen LogP contribution in [0.1, 0.15) is 16.0 Å². The van der Waals surface area contributed by atoms with Gasteiger partial charge in [-0.15, -0.1) is 11.3 Å². The Labute approximate surface area is 158 Å². The standard InChI is InChI=1S/C19H17FN2O4S/c1-12-4-5-14(9-15(12)20)22-18(24)17(23)21-11-19(25,13-6-7-26-10-13)16-3-2-8-27-16/h2-10,25H,11H2,1H3,(H,21,23)(H,22,24)/t19-/m0/s1. The summed E-state index contributed by atoms with van der Waals surface area (Å²) in [5.74, 6) is -2.39. The van der Waals surface area contributed by atoms with Gasteiger partial charge in [0.2, 0.25) is 0 Å². The van der Waals surface area contributed by atoms with Gasteiger partial charge in [-0.3, -0.25) is 9.59 Å². The van der Waals surface area contributed by atoms with E-state index in [2.05, 4.69) is 10.6 Å². The van der Waals surface area contributed by atoms with Gasteiger partial charge in [0.25, 0.3) is 0 Å². The lowest BCUT2D eigenvalue weighted by Gasteiger charge is -2.26. The Morgan fingerprint density at radius 2 is 2.07 bits per heavy atom. The van der Waals surface area contributed by atoms with Gasteiger partial charge in [0.05, 0.1) is 19.1 Å². The quantitative estimate of drug-likeness (QED) is 0.586. The summed E-state index contributed by atoms with van der Waals surface area (Å²) in [5, 5.41) is 17.6. The molecule has 6 nitrogen and oxygen atoms in total. The number of rotatable bonds is 5. The van der Waals surface area contributed by atoms with Crippen LogP contribution in [0, 0.1) is 12.7 Å². The van der Waals surface area contributed by atoms with Crippen LogP contribution >= 0.6 is 11.3 Å². The molecule has 0 aliphatic carbocycles. The van der Waals surface area contributed by atoms with E-state index in [0.29, 0.717) is 16.0 Å². The number of nitrogens with one attached hydrogen (secondary N) is 2. The Bertz CT molecular complexity index is 905. The van der Waals surface area contributed by atoms with Gasteiger partial charge in [0.1, 0.15) is 11.4 Å². The number of aryl methyl sites for hydroxylation is 1. The number of halogens is 1. The number of benzene rings is 1. The second-order valence-electron chi connectivity index (χ2n) is 5.95. The van der Waals surface area contributed by atoms with Crippen molar-refractivity contribution in [3.8, 4) is 0 Å². The first-order valence-corrected chi connectivity index (χ1v) is 8.92. The Hall–Kier alpha value is -2.97. The number of carbonyl (C=O) groups excluding carboxylic acids is 2. The van der Waals surface area contributed by atoms with E-state index in [9.17, 15) is 19.1 Å². The van der Waals surface area contributed by atoms with E-state index in [1.165, 1.54) is 36.0 Å². The minimum Gasteiger partial charge on any atom is -0.472 e. The highest BCUT2D eigenvalue weighted by Gasteiger charge is 2.35. The number of hydrogen-bond donors (Lipinski definition) is 3. The topological polar surface area (TPSA) is 91.6 Å². The van der Waals surface area contributed by atoms with Crippen molar-refractivity contribution in [1.29, 1.82) is 0 Å². The molecule has 27 heavy (non-hydrogen) atoms. The van der Waals surface area contributed by atoms with Crippen molar-refractivity contribution in [2.45, 2.75) is 12.5 Å². The van der Waals surface area contributed by atoms with E-state index in [0.717, 1.165) is 6.07 Å². The molecule has 3 aromatic rings. The number of furan rings is 1. The van der Waals surface area contributed by atoms with Crippen LogP contribution < -0.4 is 10.6 Å². The highest BCUT2D eigenvalue weighted by molar-refractivity contribution is 7.10. The Morgan fingerprint density at radius 3 is 2.70 bits per heavy atom. The van der Waals surface area contributed by atoms with E-state index < -0.39 is 23.2 Å². The van der Waals surface area contributed by atoms with E-state index in [1.54, 1.807) is 30.5 Å². The number of thiophene rings is 1. The summed E-state index contributed by atoms with van der Waals surface area (Å²) >= 11 is 1.31. The molecule has 1 aromatic carbocycles. The zero-order valence-corrected chi connectivity index (χ0v) is 15.2. The summed E-state index contributed by atoms with van der Waals surface area (Å²) in [7, 11) is 0. The lowest BCUT2D eigenvalue weighted by molar-refractivity contribution is -0.136. The molecule has 0 aliphatic heterocycles. The van der Waals surface area contributed by atoms with Gasteiger partial charge < -0.3 is 20.2 Å². The normalized spacial score (nSPS) is 13.0. The molecular formula is C19H17FN2O4S. The SMILES string of the molecule is Cc1ccc(NC(=O)C(=O)NC[C@](O)(c2ccoc2)c2cccs2)cc1F. The summed E-state index contributed by atoms with van der Waals surface area (Å²) < 4.78 is 18.6. The van der Waals surface area contributed by atoms with Gasteiger partial charge in [-0.05, 0) is 42.1 Å². The van der Waals surface area contributed by atoms with Crippen LogP contribution in [-0.4, -0.2) is 23.5 Å². The van der Waals surface area contributed by atoms with Crippen LogP contribution in [0.3, 0.4) is 0 Å². The molecule has 2 heterocycles. The predicted octanol–water partition coefficient (Wildman–Crippen LogP) is 2.78. The average Bonchev–Trinajstić information content (AvgIpc) is 3.36. The molecule has 0 radical (unpaired) electrons. The van der Waals surface area contributed by atoms with E-state index in [4.69, 9.17) is 4.42 Å². The van der Waals surface area contributed by atoms with Crippen molar-refractivity contribution in [3.63, 3.8) is 0 Å². The summed E-state index contributed by atoms with van der Waals surface area (Å²) in [6.45, 7) is 1.36. The van der Waals surface area contributed by atoms with Gasteiger partial charge in [0, 0.05) is 16.1 Å². The lowest BCUT2D eigenvalue weighted by atomic mass is 9.94. The van der Waals surface area contributed by atoms with Crippen molar-refractivity contribution >= 4 is 28.8 Å². The molecule has 3 N–H and O–H groups in total. The molecule has 0 aliphatic rings. The average molecular weight is 388 g/mol. The third-order valence-electron chi connectivity index (χ3n) is 4.07. The second kappa shape index (κ2) is 7.73. The zero-order chi connectivity index (χ0) is 19.4. The maximum atomic E-state index is 13.6. The van der Waals surface area contributed by atoms with E-state index >= 15 is 0 Å². The molecule has 0 fully saturated rings. The van der Waals surface area contributed by atoms with Gasteiger partial charge >= 0.3 is 11.8 Å². The molecular weight excluding hydrogens is 371 g/mol. The Morgan fingerprint density at radius 1 is 1.26 bits per heavy atom. The first kappa shape index (κ1) is 18.8. The van der Waals surface area contributed by atoms with Crippen molar-refractivity contribution < 1.29 is 23.5 Å². The molecule has 8 heteroatoms. The summed E-state index contributed by atoms with van der Waals surface area (Å²) in [6, 6.07) is 9.20. The smallest absolute Gasteiger partial charge is 0.313 e. The highest BCUT2D eigenvalue weighted by Crippen LogP contribution is 2.32. The van der Waals surface area contributed by atoms with Gasteiger partial charge in [-0.25, -0.2) is 4.39 Å². The zero-order valence-electron chi connectivity index (χ0n) is 14.4. The van der Waals surface area contributed by atoms with Crippen molar-refractivity contribution in [2.75, 3.05) is 11.9 Å². The number of hydrogen-bond acceptors (Lipinski definition) is 5. The van der Waals surface area contributed by atoms with Gasteiger partial charge in [-0.2, -0.15) is 0 Å². The van der Waals surface area contributed by atoms with Crippen molar-refractivity contribution in [1.82, 2.24) is 5.32 Å². The lowest BCUT2D eigenvalue weighted by Crippen LogP contribution is -2.44. The number of aliphatic hydroxyl groups is 1. The van der Waals surface area contributed by atoms with Crippen LogP contribution in [0.4, 0.5) is 10.1 Å². The largest absolute Gasteiger partial charge is 0.472 e. The van der Waals surface area contributed by atoms with Gasteiger partial charge in [0.15, 0.2) is 0 Å². The number of carbonyl (C=O) groups is 2. The molecule has 2 aromatic heterocycles. The molecule has 0 saturated heterocycles. The van der Waals surface area contributed by atoms with Crippen molar-refractivity contribution in [2.24, 2.45) is 0 Å². The second-order valence-corrected chi connectivity index (χ2v) is 6.90. The van der Waals surface area contributed by atoms with E-state index in [1.807, 2.05) is 0 Å². The number of anilines is 1. The van der Waals surface area contributed by atoms with Crippen LogP contribution in [0.15, 0.2) is 58.7 Å². The van der Waals surface area contributed by atoms with Crippen LogP contribution in [0.5, 0.6) is 0 Å². The fraction of sp³-hybridized carbons (Fsp3) is 0.158. The molecule has 0 bridgehead atoms. The van der Waals surface area contributed by atoms with Crippen LogP contribution in [0.2, 0.25) is 0 Å². The molecule has 1 atom stereocenters. The van der Waals surface area contributed by atoms with Crippen molar-refractivity contribution in [3.05, 3.63) is 76.1 Å². The molecule has 3 rings (SSSR count). The minimum absolute atomic E-state index is 0.168. The fourth-order valence-corrected chi connectivity index (χ4v) is 3.34. The molecule has 140 valence electrons. The minimum atomic E-state index is -1.53. The molecule has 0 spiro atoms. The summed E-state index contributed by atoms with van der Waals surface area (Å²) in [6.07, 6.45) is 2.79. The maximum Gasteiger partial charge on any atom is 0.313 e. The highest BCUT2D eigenvalue weighted by atomic mass is 32.1. The molecule has 0 unspecified atom stereocenters. The first-order valence-electron chi connectivity index (χ1n) is 8.04. The third-order valence-corrected chi connectivity index (χ3v) is 5.09. The van der Waals surface area contributed by atoms with Gasteiger partial charge in [-0.1, -0.05) is 12.1 Å². The summed E-state index contributed by atoms with van der Waals surface area (Å²) in [5.41, 5.74) is -0.487. The molecule has 2 amide bonds. The third kappa shape index (κ3) is 4.07. The van der Waals surface area contributed by atoms with Crippen LogP contribution in [0.25, 0.3) is 0 Å². The predicted molar refractivity (Wildman–Crippen MR) is 98.8 cm³/mol. The summed E-state index contributed by atoms with van der Waals surface area (Å²) in [4.78, 5) is 24.8.